The van der Waals surface area contributed by atoms with Gasteiger partial charge in [0.25, 0.3) is 5.56 Å². The Morgan fingerprint density at radius 1 is 1.25 bits per heavy atom. The summed E-state index contributed by atoms with van der Waals surface area (Å²) in [5, 5.41) is 5.16. The summed E-state index contributed by atoms with van der Waals surface area (Å²) in [6.07, 6.45) is 4.64. The number of aromatic nitrogens is 2. The lowest BCUT2D eigenvalue weighted by Gasteiger charge is -2.04. The fourth-order valence-corrected chi connectivity index (χ4v) is 2.00. The van der Waals surface area contributed by atoms with Crippen molar-refractivity contribution in [2.24, 2.45) is 0 Å². The molecule has 1 aromatic rings. The van der Waals surface area contributed by atoms with Gasteiger partial charge in [0.2, 0.25) is 0 Å². The van der Waals surface area contributed by atoms with Crippen molar-refractivity contribution >= 4 is 5.82 Å². The van der Waals surface area contributed by atoms with Crippen molar-refractivity contribution in [3.8, 4) is 0 Å². The average molecular weight is 167 g/mol. The molecule has 1 heterocycles. The summed E-state index contributed by atoms with van der Waals surface area (Å²) in [5.41, 5.74) is 6.36. The van der Waals surface area contributed by atoms with E-state index < -0.39 is 0 Å². The smallest absolute Gasteiger partial charge is 0.269 e. The molecule has 1 aromatic heterocycles. The van der Waals surface area contributed by atoms with Gasteiger partial charge in [0.05, 0.1) is 5.56 Å². The van der Waals surface area contributed by atoms with Crippen LogP contribution in [0.1, 0.15) is 37.2 Å². The molecule has 12 heavy (non-hydrogen) atoms. The molecule has 0 aromatic carbocycles. The maximum atomic E-state index is 11.3. The third kappa shape index (κ3) is 1.03. The van der Waals surface area contributed by atoms with Crippen LogP contribution in [-0.2, 0) is 0 Å². The summed E-state index contributed by atoms with van der Waals surface area (Å²) in [4.78, 5) is 11.3. The molecule has 1 saturated carbocycles. The van der Waals surface area contributed by atoms with Gasteiger partial charge in [0.15, 0.2) is 0 Å². The quantitative estimate of drug-likeness (QED) is 0.582. The molecule has 66 valence electrons. The largest absolute Gasteiger partial charge is 0.384 e. The normalized spacial score (nSPS) is 18.7. The van der Waals surface area contributed by atoms with Gasteiger partial charge in [-0.1, -0.05) is 12.8 Å². The Morgan fingerprint density at radius 2 is 1.92 bits per heavy atom. The Bertz CT molecular complexity index is 319. The molecule has 0 amide bonds. The third-order valence-electron chi connectivity index (χ3n) is 2.61. The monoisotopic (exact) mass is 167 g/mol. The zero-order chi connectivity index (χ0) is 8.55. The van der Waals surface area contributed by atoms with E-state index in [1.54, 1.807) is 0 Å². The molecule has 0 radical (unpaired) electrons. The Hall–Kier alpha value is -1.19. The van der Waals surface area contributed by atoms with E-state index in [1.807, 2.05) is 0 Å². The van der Waals surface area contributed by atoms with Gasteiger partial charge in [-0.3, -0.25) is 15.0 Å². The van der Waals surface area contributed by atoms with Crippen LogP contribution < -0.4 is 11.3 Å². The topological polar surface area (TPSA) is 74.7 Å². The van der Waals surface area contributed by atoms with E-state index >= 15 is 0 Å². The summed E-state index contributed by atoms with van der Waals surface area (Å²) in [6.45, 7) is 0. The highest BCUT2D eigenvalue weighted by Crippen LogP contribution is 2.33. The second-order valence-corrected chi connectivity index (χ2v) is 3.39. The predicted octanol–water partition coefficient (Wildman–Crippen LogP) is 0.943. The molecule has 0 atom stereocenters. The molecule has 0 bridgehead atoms. The van der Waals surface area contributed by atoms with Gasteiger partial charge in [-0.2, -0.15) is 0 Å². The van der Waals surface area contributed by atoms with E-state index in [-0.39, 0.29) is 5.56 Å². The van der Waals surface area contributed by atoms with Gasteiger partial charge in [-0.05, 0) is 18.8 Å². The standard InChI is InChI=1S/C8H13N3O/c9-7-6(8(12)11-10-7)5-3-1-2-4-5/h5H,1-4H2,(H4,9,10,11,12). The molecule has 0 spiro atoms. The van der Waals surface area contributed by atoms with Crippen LogP contribution in [0, 0.1) is 0 Å². The minimum Gasteiger partial charge on any atom is -0.384 e. The third-order valence-corrected chi connectivity index (χ3v) is 2.61. The van der Waals surface area contributed by atoms with Crippen molar-refractivity contribution in [2.45, 2.75) is 31.6 Å². The van der Waals surface area contributed by atoms with Gasteiger partial charge in [-0.25, -0.2) is 0 Å². The molecule has 0 unspecified atom stereocenters. The SMILES string of the molecule is Nc1[nH][nH]c(=O)c1C1CCCC1. The lowest BCUT2D eigenvalue weighted by molar-refractivity contribution is 0.720. The molecule has 0 saturated heterocycles. The highest BCUT2D eigenvalue weighted by atomic mass is 16.1. The highest BCUT2D eigenvalue weighted by Gasteiger charge is 2.22. The number of aromatic amines is 2. The number of hydrogen-bond donors (Lipinski definition) is 3. The summed E-state index contributed by atoms with van der Waals surface area (Å²) in [6, 6.07) is 0. The van der Waals surface area contributed by atoms with E-state index in [2.05, 4.69) is 10.2 Å². The summed E-state index contributed by atoms with van der Waals surface area (Å²) in [5.74, 6) is 0.909. The number of nitrogens with two attached hydrogens (primary N) is 1. The fraction of sp³-hybridized carbons (Fsp3) is 0.625. The first kappa shape index (κ1) is 7.46. The number of H-pyrrole nitrogens is 2. The van der Waals surface area contributed by atoms with Crippen LogP contribution in [0.15, 0.2) is 4.79 Å². The minimum absolute atomic E-state index is 0.0422. The summed E-state index contributed by atoms with van der Waals surface area (Å²) >= 11 is 0. The van der Waals surface area contributed by atoms with Crippen molar-refractivity contribution in [1.82, 2.24) is 10.2 Å². The van der Waals surface area contributed by atoms with E-state index in [1.165, 1.54) is 12.8 Å². The molecular weight excluding hydrogens is 154 g/mol. The maximum Gasteiger partial charge on any atom is 0.269 e. The number of anilines is 1. The minimum atomic E-state index is -0.0422. The van der Waals surface area contributed by atoms with Crippen molar-refractivity contribution in [3.05, 3.63) is 15.9 Å². The van der Waals surface area contributed by atoms with Crippen LogP contribution in [-0.4, -0.2) is 10.2 Å². The molecule has 4 nitrogen and oxygen atoms in total. The fourth-order valence-electron chi connectivity index (χ4n) is 2.00. The van der Waals surface area contributed by atoms with Crippen molar-refractivity contribution < 1.29 is 0 Å². The Balaban J connectivity index is 2.37. The van der Waals surface area contributed by atoms with Gasteiger partial charge in [0.1, 0.15) is 5.82 Å². The highest BCUT2D eigenvalue weighted by molar-refractivity contribution is 5.39. The first-order chi connectivity index (χ1) is 5.79. The molecular formula is C8H13N3O. The van der Waals surface area contributed by atoms with Crippen LogP contribution in [0.4, 0.5) is 5.82 Å². The molecule has 0 aliphatic heterocycles. The number of hydrogen-bond acceptors (Lipinski definition) is 2. The lowest BCUT2D eigenvalue weighted by Crippen LogP contribution is -2.10. The lowest BCUT2D eigenvalue weighted by atomic mass is 10.0. The van der Waals surface area contributed by atoms with Crippen LogP contribution in [0.3, 0.4) is 0 Å². The number of nitrogens with one attached hydrogen (secondary N) is 2. The molecule has 1 aliphatic carbocycles. The predicted molar refractivity (Wildman–Crippen MR) is 47.0 cm³/mol. The zero-order valence-corrected chi connectivity index (χ0v) is 6.89. The maximum absolute atomic E-state index is 11.3. The Morgan fingerprint density at radius 3 is 2.42 bits per heavy atom. The van der Waals surface area contributed by atoms with Crippen LogP contribution in [0.2, 0.25) is 0 Å². The van der Waals surface area contributed by atoms with Crippen LogP contribution in [0.25, 0.3) is 0 Å². The molecule has 4 heteroatoms. The Kier molecular flexibility index (Phi) is 1.67. The molecule has 1 fully saturated rings. The first-order valence-electron chi connectivity index (χ1n) is 4.35. The molecule has 4 N–H and O–H groups in total. The second kappa shape index (κ2) is 2.69. The molecule has 1 aliphatic rings. The zero-order valence-electron chi connectivity index (χ0n) is 6.89. The molecule has 2 rings (SSSR count). The van der Waals surface area contributed by atoms with Gasteiger partial charge in [0, 0.05) is 0 Å². The van der Waals surface area contributed by atoms with Crippen molar-refractivity contribution in [2.75, 3.05) is 5.73 Å². The second-order valence-electron chi connectivity index (χ2n) is 3.39. The van der Waals surface area contributed by atoms with E-state index in [0.717, 1.165) is 18.4 Å². The summed E-state index contributed by atoms with van der Waals surface area (Å²) < 4.78 is 0. The van der Waals surface area contributed by atoms with Crippen molar-refractivity contribution in [1.29, 1.82) is 0 Å². The Labute approximate surface area is 70.1 Å². The van der Waals surface area contributed by atoms with Crippen LogP contribution >= 0.6 is 0 Å². The van der Waals surface area contributed by atoms with Crippen LogP contribution in [0.5, 0.6) is 0 Å². The van der Waals surface area contributed by atoms with Gasteiger partial charge < -0.3 is 5.73 Å². The number of rotatable bonds is 1. The van der Waals surface area contributed by atoms with Gasteiger partial charge in [-0.15, -0.1) is 0 Å². The number of nitrogen functional groups attached to an aromatic ring is 1. The van der Waals surface area contributed by atoms with Crippen molar-refractivity contribution in [3.63, 3.8) is 0 Å². The van der Waals surface area contributed by atoms with E-state index in [0.29, 0.717) is 11.7 Å². The summed E-state index contributed by atoms with van der Waals surface area (Å²) in [7, 11) is 0. The van der Waals surface area contributed by atoms with E-state index in [4.69, 9.17) is 5.73 Å². The average Bonchev–Trinajstić information content (AvgIpc) is 2.61. The van der Waals surface area contributed by atoms with E-state index in [9.17, 15) is 4.79 Å². The van der Waals surface area contributed by atoms with Gasteiger partial charge >= 0.3 is 0 Å². The first-order valence-corrected chi connectivity index (χ1v) is 4.35.